The van der Waals surface area contributed by atoms with Gasteiger partial charge in [-0.15, -0.1) is 11.3 Å². The van der Waals surface area contributed by atoms with Crippen molar-refractivity contribution in [1.29, 1.82) is 0 Å². The predicted octanol–water partition coefficient (Wildman–Crippen LogP) is 3.96. The number of halogens is 1. The molecular weight excluding hydrogens is 331 g/mol. The van der Waals surface area contributed by atoms with Gasteiger partial charge in [0.05, 0.1) is 10.2 Å². The maximum absolute atomic E-state index is 4.61. The van der Waals surface area contributed by atoms with Gasteiger partial charge >= 0.3 is 0 Å². The minimum atomic E-state index is 1.06. The van der Waals surface area contributed by atoms with Crippen molar-refractivity contribution >= 4 is 44.1 Å². The lowest BCUT2D eigenvalue weighted by Crippen LogP contribution is -1.75. The van der Waals surface area contributed by atoms with Crippen molar-refractivity contribution in [1.82, 2.24) is 9.97 Å². The van der Waals surface area contributed by atoms with Crippen LogP contribution in [-0.2, 0) is 0 Å². The highest BCUT2D eigenvalue weighted by Crippen LogP contribution is 2.30. The molecule has 0 aliphatic rings. The summed E-state index contributed by atoms with van der Waals surface area (Å²) in [6.45, 7) is 0. The third-order valence-electron chi connectivity index (χ3n) is 2.28. The van der Waals surface area contributed by atoms with E-state index in [-0.39, 0.29) is 0 Å². The molecular formula is C12H7IN2S. The Morgan fingerprint density at radius 3 is 2.69 bits per heavy atom. The van der Waals surface area contributed by atoms with Crippen LogP contribution in [0.15, 0.2) is 42.7 Å². The number of hydrogen-bond acceptors (Lipinski definition) is 3. The molecule has 3 rings (SSSR count). The Balaban J connectivity index is 2.19. The van der Waals surface area contributed by atoms with Gasteiger partial charge in [0.1, 0.15) is 5.01 Å². The van der Waals surface area contributed by atoms with Gasteiger partial charge in [-0.3, -0.25) is 4.98 Å². The molecule has 4 heteroatoms. The summed E-state index contributed by atoms with van der Waals surface area (Å²) in [5.41, 5.74) is 2.20. The molecule has 0 aliphatic carbocycles. The van der Waals surface area contributed by atoms with Gasteiger partial charge in [-0.05, 0) is 52.9 Å². The number of rotatable bonds is 1. The molecule has 0 spiro atoms. The van der Waals surface area contributed by atoms with E-state index >= 15 is 0 Å². The minimum Gasteiger partial charge on any atom is -0.265 e. The second kappa shape index (κ2) is 4.10. The average Bonchev–Trinajstić information content (AvgIpc) is 2.73. The number of hydrogen-bond donors (Lipinski definition) is 0. The Labute approximate surface area is 111 Å². The quantitative estimate of drug-likeness (QED) is 0.628. The van der Waals surface area contributed by atoms with Crippen LogP contribution in [0.5, 0.6) is 0 Å². The molecule has 0 saturated heterocycles. The second-order valence-corrected chi connectivity index (χ2v) is 5.64. The molecule has 1 aromatic carbocycles. The highest BCUT2D eigenvalue weighted by Gasteiger charge is 2.05. The summed E-state index contributed by atoms with van der Waals surface area (Å²) in [7, 11) is 0. The Hall–Kier alpha value is -1.01. The molecule has 2 nitrogen and oxygen atoms in total. The number of benzene rings is 1. The molecule has 16 heavy (non-hydrogen) atoms. The maximum Gasteiger partial charge on any atom is 0.124 e. The van der Waals surface area contributed by atoms with E-state index in [9.17, 15) is 0 Å². The lowest BCUT2D eigenvalue weighted by Gasteiger charge is -1.91. The van der Waals surface area contributed by atoms with Crippen LogP contribution in [-0.4, -0.2) is 9.97 Å². The van der Waals surface area contributed by atoms with E-state index in [1.165, 1.54) is 8.27 Å². The van der Waals surface area contributed by atoms with Crippen molar-refractivity contribution < 1.29 is 0 Å². The summed E-state index contributed by atoms with van der Waals surface area (Å²) in [6.07, 6.45) is 3.59. The summed E-state index contributed by atoms with van der Waals surface area (Å²) in [6, 6.07) is 10.3. The van der Waals surface area contributed by atoms with E-state index in [0.29, 0.717) is 0 Å². The third kappa shape index (κ3) is 1.82. The number of nitrogens with zero attached hydrogens (tertiary/aromatic N) is 2. The number of thiazole rings is 1. The fraction of sp³-hybridized carbons (Fsp3) is 0. The summed E-state index contributed by atoms with van der Waals surface area (Å²) in [5, 5.41) is 1.06. The Bertz CT molecular complexity index is 634. The Kier molecular flexibility index (Phi) is 2.61. The molecule has 0 N–H and O–H groups in total. The zero-order valence-corrected chi connectivity index (χ0v) is 11.2. The van der Waals surface area contributed by atoms with Gasteiger partial charge in [-0.2, -0.15) is 0 Å². The van der Waals surface area contributed by atoms with E-state index in [2.05, 4.69) is 50.8 Å². The third-order valence-corrected chi connectivity index (χ3v) is 4.02. The summed E-state index contributed by atoms with van der Waals surface area (Å²) in [4.78, 5) is 8.63. The number of pyridine rings is 1. The van der Waals surface area contributed by atoms with Crippen molar-refractivity contribution in [2.24, 2.45) is 0 Å². The molecule has 0 radical (unpaired) electrons. The van der Waals surface area contributed by atoms with Crippen molar-refractivity contribution in [2.75, 3.05) is 0 Å². The normalized spacial score (nSPS) is 10.8. The van der Waals surface area contributed by atoms with Gasteiger partial charge in [0.2, 0.25) is 0 Å². The van der Waals surface area contributed by atoms with Gasteiger partial charge in [0, 0.05) is 21.5 Å². The first-order valence-electron chi connectivity index (χ1n) is 4.79. The highest BCUT2D eigenvalue weighted by atomic mass is 127. The molecule has 3 aromatic rings. The standard InChI is InChI=1S/C12H7IN2S/c13-9-1-2-10-11(7-9)16-12(15-10)8-3-5-14-6-4-8/h1-7H. The van der Waals surface area contributed by atoms with Gasteiger partial charge in [0.15, 0.2) is 0 Å². The molecule has 0 bridgehead atoms. The molecule has 0 unspecified atom stereocenters. The molecule has 78 valence electrons. The molecule has 2 heterocycles. The summed E-state index contributed by atoms with van der Waals surface area (Å²) < 4.78 is 2.48. The first-order chi connectivity index (χ1) is 7.83. The van der Waals surface area contributed by atoms with Crippen LogP contribution in [0.1, 0.15) is 0 Å². The van der Waals surface area contributed by atoms with Crippen molar-refractivity contribution in [2.45, 2.75) is 0 Å². The fourth-order valence-electron chi connectivity index (χ4n) is 1.52. The maximum atomic E-state index is 4.61. The van der Waals surface area contributed by atoms with Crippen LogP contribution in [0, 0.1) is 3.57 Å². The van der Waals surface area contributed by atoms with Gasteiger partial charge < -0.3 is 0 Å². The smallest absolute Gasteiger partial charge is 0.124 e. The van der Waals surface area contributed by atoms with Crippen LogP contribution in [0.2, 0.25) is 0 Å². The Morgan fingerprint density at radius 1 is 1.06 bits per heavy atom. The molecule has 0 atom stereocenters. The SMILES string of the molecule is Ic1ccc2nc(-c3ccncc3)sc2c1. The summed E-state index contributed by atoms with van der Waals surface area (Å²) >= 11 is 4.04. The van der Waals surface area contributed by atoms with E-state index in [1.807, 2.05) is 12.1 Å². The molecule has 0 aliphatic heterocycles. The topological polar surface area (TPSA) is 25.8 Å². The van der Waals surface area contributed by atoms with Crippen LogP contribution < -0.4 is 0 Å². The lowest BCUT2D eigenvalue weighted by molar-refractivity contribution is 1.32. The van der Waals surface area contributed by atoms with Gasteiger partial charge in [-0.25, -0.2) is 4.98 Å². The van der Waals surface area contributed by atoms with Crippen LogP contribution in [0.3, 0.4) is 0 Å². The first kappa shape index (κ1) is 10.2. The van der Waals surface area contributed by atoms with E-state index in [4.69, 9.17) is 0 Å². The van der Waals surface area contributed by atoms with Crippen molar-refractivity contribution in [3.05, 3.63) is 46.3 Å². The summed E-state index contributed by atoms with van der Waals surface area (Å²) in [5.74, 6) is 0. The average molecular weight is 338 g/mol. The van der Waals surface area contributed by atoms with Gasteiger partial charge in [0.25, 0.3) is 0 Å². The van der Waals surface area contributed by atoms with Crippen molar-refractivity contribution in [3.8, 4) is 10.6 Å². The predicted molar refractivity (Wildman–Crippen MR) is 75.6 cm³/mol. The minimum absolute atomic E-state index is 1.06. The van der Waals surface area contributed by atoms with Crippen LogP contribution >= 0.6 is 33.9 Å². The molecule has 2 aromatic heterocycles. The van der Waals surface area contributed by atoms with Crippen LogP contribution in [0.4, 0.5) is 0 Å². The molecule has 0 fully saturated rings. The number of fused-ring (bicyclic) bond motifs is 1. The fourth-order valence-corrected chi connectivity index (χ4v) is 3.23. The zero-order valence-electron chi connectivity index (χ0n) is 8.22. The van der Waals surface area contributed by atoms with E-state index in [0.717, 1.165) is 16.1 Å². The largest absolute Gasteiger partial charge is 0.265 e. The Morgan fingerprint density at radius 2 is 1.88 bits per heavy atom. The first-order valence-corrected chi connectivity index (χ1v) is 6.69. The van der Waals surface area contributed by atoms with Crippen molar-refractivity contribution in [3.63, 3.8) is 0 Å². The van der Waals surface area contributed by atoms with Gasteiger partial charge in [-0.1, -0.05) is 0 Å². The molecule has 0 saturated carbocycles. The van der Waals surface area contributed by atoms with E-state index < -0.39 is 0 Å². The molecule has 0 amide bonds. The monoisotopic (exact) mass is 338 g/mol. The second-order valence-electron chi connectivity index (χ2n) is 3.37. The zero-order chi connectivity index (χ0) is 11.0. The highest BCUT2D eigenvalue weighted by molar-refractivity contribution is 14.1. The van der Waals surface area contributed by atoms with Crippen LogP contribution in [0.25, 0.3) is 20.8 Å². The number of aromatic nitrogens is 2. The van der Waals surface area contributed by atoms with E-state index in [1.54, 1.807) is 23.7 Å². The lowest BCUT2D eigenvalue weighted by atomic mass is 10.3.